The van der Waals surface area contributed by atoms with E-state index in [9.17, 15) is 19.5 Å². The van der Waals surface area contributed by atoms with E-state index in [0.717, 1.165) is 24.0 Å². The maximum atomic E-state index is 12.9. The molecule has 7 heteroatoms. The van der Waals surface area contributed by atoms with Crippen molar-refractivity contribution in [3.05, 3.63) is 59.7 Å². The molecule has 2 aliphatic rings. The summed E-state index contributed by atoms with van der Waals surface area (Å²) in [7, 11) is 0. The molecule has 2 aromatic rings. The van der Waals surface area contributed by atoms with Gasteiger partial charge in [0.15, 0.2) is 0 Å². The number of hydrogen-bond donors (Lipinski definition) is 2. The normalized spacial score (nSPS) is 19.7. The molecule has 0 aromatic heterocycles. The summed E-state index contributed by atoms with van der Waals surface area (Å²) in [4.78, 5) is 38.8. The van der Waals surface area contributed by atoms with Crippen molar-refractivity contribution >= 4 is 18.0 Å². The molecule has 2 atom stereocenters. The van der Waals surface area contributed by atoms with Gasteiger partial charge in [-0.2, -0.15) is 0 Å². The van der Waals surface area contributed by atoms with E-state index in [1.807, 2.05) is 24.3 Å². The van der Waals surface area contributed by atoms with Gasteiger partial charge < -0.3 is 20.1 Å². The van der Waals surface area contributed by atoms with E-state index in [2.05, 4.69) is 36.5 Å². The predicted molar refractivity (Wildman–Crippen MR) is 133 cm³/mol. The fourth-order valence-corrected chi connectivity index (χ4v) is 5.17. The van der Waals surface area contributed by atoms with Crippen molar-refractivity contribution in [3.8, 4) is 11.1 Å². The first-order valence-corrected chi connectivity index (χ1v) is 12.4. The summed E-state index contributed by atoms with van der Waals surface area (Å²) in [6.07, 6.45) is 2.52. The van der Waals surface area contributed by atoms with E-state index in [4.69, 9.17) is 4.74 Å². The maximum Gasteiger partial charge on any atom is 0.407 e. The molecule has 7 nitrogen and oxygen atoms in total. The van der Waals surface area contributed by atoms with Gasteiger partial charge >= 0.3 is 12.1 Å². The molecule has 0 radical (unpaired) electrons. The van der Waals surface area contributed by atoms with Crippen LogP contribution in [0, 0.1) is 5.41 Å². The van der Waals surface area contributed by atoms with Gasteiger partial charge in [-0.25, -0.2) is 4.79 Å². The molecule has 2 N–H and O–H groups in total. The average Bonchev–Trinajstić information content (AvgIpc) is 3.41. The van der Waals surface area contributed by atoms with Crippen LogP contribution in [-0.2, 0) is 14.3 Å². The number of nitrogens with zero attached hydrogens (tertiary/aromatic N) is 1. The molecule has 1 heterocycles. The summed E-state index contributed by atoms with van der Waals surface area (Å²) < 4.78 is 5.67. The number of hydrogen-bond acceptors (Lipinski definition) is 4. The number of rotatable bonds is 9. The van der Waals surface area contributed by atoms with E-state index in [0.29, 0.717) is 19.4 Å². The largest absolute Gasteiger partial charge is 0.481 e. The number of carboxylic acid groups (broad SMARTS) is 1. The predicted octanol–water partition coefficient (Wildman–Crippen LogP) is 4.80. The second-order valence-corrected chi connectivity index (χ2v) is 9.94. The number of aliphatic carboxylic acids is 1. The van der Waals surface area contributed by atoms with Crippen LogP contribution in [0.3, 0.4) is 0 Å². The van der Waals surface area contributed by atoms with Crippen LogP contribution in [0.15, 0.2) is 48.5 Å². The molecule has 2 amide bonds. The number of benzene rings is 2. The lowest BCUT2D eigenvalue weighted by molar-refractivity contribution is -0.147. The van der Waals surface area contributed by atoms with Crippen molar-refractivity contribution in [2.75, 3.05) is 19.7 Å². The molecule has 0 bridgehead atoms. The highest BCUT2D eigenvalue weighted by atomic mass is 16.5. The summed E-state index contributed by atoms with van der Waals surface area (Å²) in [6, 6.07) is 16.0. The number of amides is 2. The Labute approximate surface area is 206 Å². The smallest absolute Gasteiger partial charge is 0.407 e. The van der Waals surface area contributed by atoms with Crippen molar-refractivity contribution in [3.63, 3.8) is 0 Å². The number of carboxylic acids is 1. The second kappa shape index (κ2) is 10.5. The van der Waals surface area contributed by atoms with Crippen molar-refractivity contribution in [2.24, 2.45) is 5.41 Å². The first kappa shape index (κ1) is 24.8. The van der Waals surface area contributed by atoms with Crippen LogP contribution in [0.25, 0.3) is 11.1 Å². The van der Waals surface area contributed by atoms with Crippen LogP contribution >= 0.6 is 0 Å². The van der Waals surface area contributed by atoms with Crippen molar-refractivity contribution < 1.29 is 24.2 Å². The number of fused-ring (bicyclic) bond motifs is 3. The van der Waals surface area contributed by atoms with Gasteiger partial charge in [0.1, 0.15) is 6.61 Å². The van der Waals surface area contributed by atoms with Crippen LogP contribution in [0.2, 0.25) is 0 Å². The summed E-state index contributed by atoms with van der Waals surface area (Å²) in [5, 5.41) is 12.3. The fraction of sp³-hybridized carbons (Fsp3) is 0.464. The van der Waals surface area contributed by atoms with E-state index in [1.54, 1.807) is 11.8 Å². The SMILES string of the molecule is CCCCC(CC(=O)N1CCC(C)(C(=O)O)C1)NC(=O)OCC1c2ccccc2-c2ccccc21. The number of nitrogens with one attached hydrogen (secondary N) is 1. The number of likely N-dealkylation sites (tertiary alicyclic amines) is 1. The lowest BCUT2D eigenvalue weighted by Crippen LogP contribution is -2.41. The Bertz CT molecular complexity index is 1050. The number of carbonyl (C=O) groups excluding carboxylic acids is 2. The quantitative estimate of drug-likeness (QED) is 0.540. The first-order valence-electron chi connectivity index (χ1n) is 12.4. The fourth-order valence-electron chi connectivity index (χ4n) is 5.17. The van der Waals surface area contributed by atoms with Gasteiger partial charge in [-0.1, -0.05) is 68.3 Å². The summed E-state index contributed by atoms with van der Waals surface area (Å²) in [5.41, 5.74) is 3.73. The van der Waals surface area contributed by atoms with E-state index < -0.39 is 17.5 Å². The Balaban J connectivity index is 1.36. The highest BCUT2D eigenvalue weighted by molar-refractivity contribution is 5.81. The third-order valence-corrected chi connectivity index (χ3v) is 7.34. The molecule has 0 saturated carbocycles. The molecule has 35 heavy (non-hydrogen) atoms. The Kier molecular flexibility index (Phi) is 7.43. The van der Waals surface area contributed by atoms with Crippen molar-refractivity contribution in [1.29, 1.82) is 0 Å². The number of carbonyl (C=O) groups is 3. The lowest BCUT2D eigenvalue weighted by Gasteiger charge is -2.24. The van der Waals surface area contributed by atoms with Crippen LogP contribution in [0.5, 0.6) is 0 Å². The molecular weight excluding hydrogens is 444 g/mol. The number of alkyl carbamates (subject to hydrolysis) is 1. The average molecular weight is 479 g/mol. The minimum Gasteiger partial charge on any atom is -0.481 e. The zero-order valence-electron chi connectivity index (χ0n) is 20.5. The number of unbranched alkanes of at least 4 members (excludes halogenated alkanes) is 1. The van der Waals surface area contributed by atoms with Gasteiger partial charge in [-0.05, 0) is 42.0 Å². The molecule has 2 aromatic carbocycles. The summed E-state index contributed by atoms with van der Waals surface area (Å²) in [6.45, 7) is 4.58. The van der Waals surface area contributed by atoms with Gasteiger partial charge in [-0.15, -0.1) is 0 Å². The molecule has 2 unspecified atom stereocenters. The minimum atomic E-state index is -0.908. The van der Waals surface area contributed by atoms with Crippen LogP contribution < -0.4 is 5.32 Å². The van der Waals surface area contributed by atoms with E-state index in [1.165, 1.54) is 11.1 Å². The molecule has 1 aliphatic heterocycles. The van der Waals surface area contributed by atoms with Crippen molar-refractivity contribution in [1.82, 2.24) is 10.2 Å². The highest BCUT2D eigenvalue weighted by Crippen LogP contribution is 2.44. The molecule has 1 fully saturated rings. The van der Waals surface area contributed by atoms with E-state index in [-0.39, 0.29) is 37.4 Å². The first-order chi connectivity index (χ1) is 16.8. The monoisotopic (exact) mass is 478 g/mol. The molecule has 1 saturated heterocycles. The Hall–Kier alpha value is -3.35. The third kappa shape index (κ3) is 5.34. The zero-order valence-corrected chi connectivity index (χ0v) is 20.5. The summed E-state index contributed by atoms with van der Waals surface area (Å²) in [5.74, 6) is -1.04. The van der Waals surface area contributed by atoms with Gasteiger partial charge in [-0.3, -0.25) is 9.59 Å². The van der Waals surface area contributed by atoms with Crippen molar-refractivity contribution in [2.45, 2.75) is 57.9 Å². The Morgan fingerprint density at radius 1 is 1.11 bits per heavy atom. The van der Waals surface area contributed by atoms with Gasteiger partial charge in [0, 0.05) is 31.5 Å². The maximum absolute atomic E-state index is 12.9. The van der Waals surface area contributed by atoms with E-state index >= 15 is 0 Å². The Morgan fingerprint density at radius 2 is 1.74 bits per heavy atom. The highest BCUT2D eigenvalue weighted by Gasteiger charge is 2.42. The number of ether oxygens (including phenoxy) is 1. The minimum absolute atomic E-state index is 0.0258. The lowest BCUT2D eigenvalue weighted by atomic mass is 9.90. The molecule has 186 valence electrons. The summed E-state index contributed by atoms with van der Waals surface area (Å²) >= 11 is 0. The van der Waals surface area contributed by atoms with Crippen LogP contribution in [-0.4, -0.2) is 53.7 Å². The van der Waals surface area contributed by atoms with Crippen LogP contribution in [0.4, 0.5) is 4.79 Å². The van der Waals surface area contributed by atoms with Gasteiger partial charge in [0.25, 0.3) is 0 Å². The van der Waals surface area contributed by atoms with Gasteiger partial charge in [0.2, 0.25) is 5.91 Å². The molecule has 1 aliphatic carbocycles. The Morgan fingerprint density at radius 3 is 2.31 bits per heavy atom. The van der Waals surface area contributed by atoms with Gasteiger partial charge in [0.05, 0.1) is 5.41 Å². The molecule has 0 spiro atoms. The topological polar surface area (TPSA) is 95.9 Å². The third-order valence-electron chi connectivity index (χ3n) is 7.34. The standard InChI is InChI=1S/C28H34N2O5/c1-3-4-9-19(16-25(31)30-15-14-28(2,18-30)26(32)33)29-27(34)35-17-24-22-12-7-5-10-20(22)21-11-6-8-13-23(21)24/h5-8,10-13,19,24H,3-4,9,14-18H2,1-2H3,(H,29,34)(H,32,33). The zero-order chi connectivity index (χ0) is 25.0. The molecule has 4 rings (SSSR count). The van der Waals surface area contributed by atoms with Crippen LogP contribution in [0.1, 0.15) is 63.0 Å². The molecular formula is C28H34N2O5. The second-order valence-electron chi connectivity index (χ2n) is 9.94.